The topological polar surface area (TPSA) is 81.9 Å². The van der Waals surface area contributed by atoms with Gasteiger partial charge >= 0.3 is 0 Å². The second-order valence-electron chi connectivity index (χ2n) is 4.43. The lowest BCUT2D eigenvalue weighted by molar-refractivity contribution is 0.102. The molecule has 0 aliphatic carbocycles. The minimum absolute atomic E-state index is 0.211. The van der Waals surface area contributed by atoms with E-state index < -0.39 is 0 Å². The quantitative estimate of drug-likeness (QED) is 0.795. The van der Waals surface area contributed by atoms with Crippen molar-refractivity contribution < 1.29 is 9.53 Å². The molecule has 0 aliphatic rings. The van der Waals surface area contributed by atoms with Crippen LogP contribution in [0, 0.1) is 0 Å². The van der Waals surface area contributed by atoms with Crippen molar-refractivity contribution in [1.29, 1.82) is 0 Å². The Balaban J connectivity index is 1.71. The van der Waals surface area contributed by atoms with Crippen LogP contribution in [0.3, 0.4) is 0 Å². The first-order valence-electron chi connectivity index (χ1n) is 6.53. The van der Waals surface area contributed by atoms with Crippen LogP contribution in [0.4, 0.5) is 5.69 Å². The molecule has 1 aromatic carbocycles. The van der Waals surface area contributed by atoms with Crippen molar-refractivity contribution in [3.05, 3.63) is 60.8 Å². The molecule has 3 aromatic rings. The third kappa shape index (κ3) is 2.93. The normalized spacial score (nSPS) is 10.2. The highest BCUT2D eigenvalue weighted by molar-refractivity contribution is 6.04. The van der Waals surface area contributed by atoms with E-state index in [0.29, 0.717) is 17.1 Å². The van der Waals surface area contributed by atoms with Crippen molar-refractivity contribution in [2.45, 2.75) is 0 Å². The van der Waals surface area contributed by atoms with Crippen molar-refractivity contribution in [3.8, 4) is 11.6 Å². The molecule has 2 heterocycles. The van der Waals surface area contributed by atoms with Crippen molar-refractivity contribution in [3.63, 3.8) is 0 Å². The van der Waals surface area contributed by atoms with Crippen molar-refractivity contribution >= 4 is 11.6 Å². The molecule has 1 N–H and O–H groups in total. The summed E-state index contributed by atoms with van der Waals surface area (Å²) in [6.07, 6.45) is 4.59. The fraction of sp³-hybridized carbons (Fsp3) is 0.0667. The SMILES string of the molecule is COc1ccc(NC(=O)c2ccc(-n3cncn3)cc2)cn1. The molecule has 3 rings (SSSR count). The van der Waals surface area contributed by atoms with E-state index in [1.54, 1.807) is 53.6 Å². The summed E-state index contributed by atoms with van der Waals surface area (Å²) in [7, 11) is 1.54. The Labute approximate surface area is 126 Å². The molecule has 2 aromatic heterocycles. The first-order valence-corrected chi connectivity index (χ1v) is 6.53. The number of aromatic nitrogens is 4. The number of methoxy groups -OCH3 is 1. The van der Waals surface area contributed by atoms with Crippen molar-refractivity contribution in [1.82, 2.24) is 19.7 Å². The first-order chi connectivity index (χ1) is 10.8. The monoisotopic (exact) mass is 295 g/mol. The van der Waals surface area contributed by atoms with E-state index in [0.717, 1.165) is 5.69 Å². The van der Waals surface area contributed by atoms with Crippen LogP contribution in [0.25, 0.3) is 5.69 Å². The van der Waals surface area contributed by atoms with Gasteiger partial charge in [-0.3, -0.25) is 4.79 Å². The summed E-state index contributed by atoms with van der Waals surface area (Å²) in [4.78, 5) is 20.1. The number of anilines is 1. The summed E-state index contributed by atoms with van der Waals surface area (Å²) in [6, 6.07) is 10.5. The van der Waals surface area contributed by atoms with Crippen LogP contribution < -0.4 is 10.1 Å². The molecule has 0 spiro atoms. The number of amides is 1. The molecule has 110 valence electrons. The largest absolute Gasteiger partial charge is 0.481 e. The zero-order valence-corrected chi connectivity index (χ0v) is 11.8. The third-order valence-corrected chi connectivity index (χ3v) is 3.02. The highest BCUT2D eigenvalue weighted by atomic mass is 16.5. The molecule has 0 unspecified atom stereocenters. The molecule has 0 saturated heterocycles. The van der Waals surface area contributed by atoms with Gasteiger partial charge in [0.05, 0.1) is 24.7 Å². The van der Waals surface area contributed by atoms with Crippen LogP contribution in [0.1, 0.15) is 10.4 Å². The molecule has 0 bridgehead atoms. The zero-order chi connectivity index (χ0) is 15.4. The van der Waals surface area contributed by atoms with E-state index in [9.17, 15) is 4.79 Å². The van der Waals surface area contributed by atoms with E-state index in [-0.39, 0.29) is 5.91 Å². The lowest BCUT2D eigenvalue weighted by Gasteiger charge is -2.06. The summed E-state index contributed by atoms with van der Waals surface area (Å²) < 4.78 is 6.59. The number of benzene rings is 1. The van der Waals surface area contributed by atoms with Gasteiger partial charge in [-0.2, -0.15) is 5.10 Å². The summed E-state index contributed by atoms with van der Waals surface area (Å²) in [5, 5.41) is 6.80. The van der Waals surface area contributed by atoms with Gasteiger partial charge in [0.15, 0.2) is 0 Å². The number of hydrogen-bond acceptors (Lipinski definition) is 5. The Morgan fingerprint density at radius 1 is 1.18 bits per heavy atom. The predicted octanol–water partition coefficient (Wildman–Crippen LogP) is 1.92. The van der Waals surface area contributed by atoms with Gasteiger partial charge < -0.3 is 10.1 Å². The van der Waals surface area contributed by atoms with E-state index >= 15 is 0 Å². The number of rotatable bonds is 4. The number of pyridine rings is 1. The fourth-order valence-electron chi connectivity index (χ4n) is 1.89. The minimum atomic E-state index is -0.211. The number of nitrogens with zero attached hydrogens (tertiary/aromatic N) is 4. The number of ether oxygens (including phenoxy) is 1. The average Bonchev–Trinajstić information content (AvgIpc) is 3.10. The van der Waals surface area contributed by atoms with Crippen LogP contribution in [-0.2, 0) is 0 Å². The third-order valence-electron chi connectivity index (χ3n) is 3.02. The van der Waals surface area contributed by atoms with Gasteiger partial charge in [-0.1, -0.05) is 0 Å². The Bertz CT molecular complexity index is 752. The Kier molecular flexibility index (Phi) is 3.78. The molecule has 22 heavy (non-hydrogen) atoms. The number of hydrogen-bond donors (Lipinski definition) is 1. The maximum atomic E-state index is 12.2. The minimum Gasteiger partial charge on any atom is -0.481 e. The second kappa shape index (κ2) is 6.04. The molecule has 0 saturated carbocycles. The maximum Gasteiger partial charge on any atom is 0.255 e. The van der Waals surface area contributed by atoms with Gasteiger partial charge in [0.25, 0.3) is 5.91 Å². The maximum absolute atomic E-state index is 12.2. The second-order valence-corrected chi connectivity index (χ2v) is 4.43. The molecule has 0 fully saturated rings. The average molecular weight is 295 g/mol. The highest BCUT2D eigenvalue weighted by Crippen LogP contribution is 2.13. The van der Waals surface area contributed by atoms with E-state index in [2.05, 4.69) is 20.4 Å². The van der Waals surface area contributed by atoms with Gasteiger partial charge in [-0.15, -0.1) is 0 Å². The number of carbonyl (C=O) groups excluding carboxylic acids is 1. The predicted molar refractivity (Wildman–Crippen MR) is 80.1 cm³/mol. The zero-order valence-electron chi connectivity index (χ0n) is 11.8. The molecular weight excluding hydrogens is 282 g/mol. The fourth-order valence-corrected chi connectivity index (χ4v) is 1.89. The Hall–Kier alpha value is -3.22. The summed E-state index contributed by atoms with van der Waals surface area (Å²) in [5.74, 6) is 0.285. The number of carbonyl (C=O) groups is 1. The van der Waals surface area contributed by atoms with Gasteiger partial charge in [0, 0.05) is 11.6 Å². The first kappa shape index (κ1) is 13.7. The number of nitrogens with one attached hydrogen (secondary N) is 1. The van der Waals surface area contributed by atoms with Crippen molar-refractivity contribution in [2.24, 2.45) is 0 Å². The standard InChI is InChI=1S/C15H13N5O2/c1-22-14-7-4-12(8-17-14)19-15(21)11-2-5-13(6-3-11)20-10-16-9-18-20/h2-10H,1H3,(H,19,21). The summed E-state index contributed by atoms with van der Waals surface area (Å²) >= 11 is 0. The molecule has 1 amide bonds. The Morgan fingerprint density at radius 2 is 2.00 bits per heavy atom. The summed E-state index contributed by atoms with van der Waals surface area (Å²) in [5.41, 5.74) is 1.98. The van der Waals surface area contributed by atoms with Crippen LogP contribution in [0.15, 0.2) is 55.2 Å². The van der Waals surface area contributed by atoms with Crippen LogP contribution >= 0.6 is 0 Å². The van der Waals surface area contributed by atoms with Gasteiger partial charge in [-0.05, 0) is 30.3 Å². The molecule has 7 nitrogen and oxygen atoms in total. The van der Waals surface area contributed by atoms with E-state index in [4.69, 9.17) is 4.74 Å². The lowest BCUT2D eigenvalue weighted by Crippen LogP contribution is -2.12. The molecule has 0 atom stereocenters. The highest BCUT2D eigenvalue weighted by Gasteiger charge is 2.07. The molecule has 7 heteroatoms. The molecule has 0 radical (unpaired) electrons. The van der Waals surface area contributed by atoms with Crippen molar-refractivity contribution in [2.75, 3.05) is 12.4 Å². The van der Waals surface area contributed by atoms with Crippen LogP contribution in [0.5, 0.6) is 5.88 Å². The van der Waals surface area contributed by atoms with E-state index in [1.807, 2.05) is 0 Å². The smallest absolute Gasteiger partial charge is 0.255 e. The van der Waals surface area contributed by atoms with Gasteiger partial charge in [-0.25, -0.2) is 14.6 Å². The molecular formula is C15H13N5O2. The lowest BCUT2D eigenvalue weighted by atomic mass is 10.2. The Morgan fingerprint density at radius 3 is 2.59 bits per heavy atom. The van der Waals surface area contributed by atoms with Crippen LogP contribution in [-0.4, -0.2) is 32.8 Å². The van der Waals surface area contributed by atoms with E-state index in [1.165, 1.54) is 13.4 Å². The van der Waals surface area contributed by atoms with Gasteiger partial charge in [0.2, 0.25) is 5.88 Å². The van der Waals surface area contributed by atoms with Crippen LogP contribution in [0.2, 0.25) is 0 Å². The summed E-state index contributed by atoms with van der Waals surface area (Å²) in [6.45, 7) is 0. The van der Waals surface area contributed by atoms with Gasteiger partial charge in [0.1, 0.15) is 12.7 Å². The molecule has 0 aliphatic heterocycles.